The Morgan fingerprint density at radius 3 is 2.33 bits per heavy atom. The number of pyridine rings is 1. The normalized spacial score (nSPS) is 14.9. The Kier molecular flexibility index (Phi) is 5.61. The molecule has 2 nitrogen and oxygen atoms in total. The van der Waals surface area contributed by atoms with Crippen molar-refractivity contribution in [2.24, 2.45) is 4.99 Å². The number of allylic oxidation sites excluding steroid dienone is 3. The van der Waals surface area contributed by atoms with E-state index in [4.69, 9.17) is 4.99 Å². The molecule has 0 bridgehead atoms. The summed E-state index contributed by atoms with van der Waals surface area (Å²) in [6.45, 7) is 0. The number of aromatic nitrogens is 1. The molecule has 4 rings (SSSR count). The van der Waals surface area contributed by atoms with Crippen LogP contribution < -0.4 is 0 Å². The number of benzene rings is 2. The van der Waals surface area contributed by atoms with Crippen molar-refractivity contribution in [1.82, 2.24) is 4.98 Å². The average Bonchev–Trinajstić information content (AvgIpc) is 2.97. The van der Waals surface area contributed by atoms with Crippen LogP contribution in [0.4, 0.5) is 5.69 Å². The molecule has 27 heavy (non-hydrogen) atoms. The van der Waals surface area contributed by atoms with Crippen molar-refractivity contribution >= 4 is 34.1 Å². The van der Waals surface area contributed by atoms with Crippen LogP contribution >= 0.6 is 11.8 Å². The molecule has 0 unspecified atom stereocenters. The molecule has 2 heterocycles. The molecule has 132 valence electrons. The number of hydrogen-bond acceptors (Lipinski definition) is 3. The Morgan fingerprint density at radius 1 is 0.852 bits per heavy atom. The second-order valence-electron chi connectivity index (χ2n) is 6.25. The first kappa shape index (κ1) is 17.5. The van der Waals surface area contributed by atoms with Gasteiger partial charge >= 0.3 is 0 Å². The Morgan fingerprint density at radius 2 is 1.59 bits per heavy atom. The molecule has 0 N–H and O–H groups in total. The molecule has 0 saturated heterocycles. The van der Waals surface area contributed by atoms with Gasteiger partial charge in [-0.05, 0) is 42.2 Å². The van der Waals surface area contributed by atoms with Crippen LogP contribution in [0.25, 0.3) is 10.5 Å². The van der Waals surface area contributed by atoms with Crippen LogP contribution in [-0.4, -0.2) is 11.2 Å². The molecule has 3 heteroatoms. The number of thioether (sulfide) groups is 1. The van der Waals surface area contributed by atoms with Crippen molar-refractivity contribution in [2.75, 3.05) is 0 Å². The summed E-state index contributed by atoms with van der Waals surface area (Å²) in [5.74, 6) is 0. The molecule has 0 spiro atoms. The van der Waals surface area contributed by atoms with Crippen LogP contribution in [0.3, 0.4) is 0 Å². The lowest BCUT2D eigenvalue weighted by atomic mass is 10.0. The molecule has 3 aromatic rings. The van der Waals surface area contributed by atoms with Crippen molar-refractivity contribution in [3.05, 3.63) is 107 Å². The van der Waals surface area contributed by atoms with Gasteiger partial charge in [-0.25, -0.2) is 0 Å². The van der Waals surface area contributed by atoms with Gasteiger partial charge in [0, 0.05) is 34.0 Å². The standard InChI is InChI=1S/C24H20N2S/c1-3-9-19(10-4-1)22-14-7-15-23(20-11-8-16-25-17-20)27-24(22)18-26-21-12-5-2-6-13-21/h1-6,8-13,15-18H,7,14H2. The van der Waals surface area contributed by atoms with Crippen LogP contribution in [0.15, 0.2) is 101 Å². The zero-order valence-electron chi connectivity index (χ0n) is 15.0. The molecule has 1 aliphatic heterocycles. The van der Waals surface area contributed by atoms with Crippen molar-refractivity contribution < 1.29 is 0 Å². The molecule has 0 atom stereocenters. The zero-order chi connectivity index (χ0) is 18.3. The van der Waals surface area contributed by atoms with E-state index in [0.717, 1.165) is 24.1 Å². The quantitative estimate of drug-likeness (QED) is 0.475. The maximum atomic E-state index is 4.73. The summed E-state index contributed by atoms with van der Waals surface area (Å²) in [7, 11) is 0. The largest absolute Gasteiger partial charge is 0.264 e. The summed E-state index contributed by atoms with van der Waals surface area (Å²) in [5, 5.41) is 0. The minimum atomic E-state index is 0.967. The topological polar surface area (TPSA) is 25.2 Å². The second-order valence-corrected chi connectivity index (χ2v) is 7.34. The van der Waals surface area contributed by atoms with Crippen molar-refractivity contribution in [2.45, 2.75) is 12.8 Å². The third-order valence-corrected chi connectivity index (χ3v) is 5.59. The van der Waals surface area contributed by atoms with Gasteiger partial charge in [0.1, 0.15) is 0 Å². The van der Waals surface area contributed by atoms with E-state index >= 15 is 0 Å². The van der Waals surface area contributed by atoms with E-state index in [0.29, 0.717) is 0 Å². The molecular formula is C24H20N2S. The lowest BCUT2D eigenvalue weighted by molar-refractivity contribution is 1.07. The minimum absolute atomic E-state index is 0.967. The SMILES string of the molecule is C(=Nc1ccccc1)C1=C(c2ccccc2)CCC=C(c2cccnc2)S1. The van der Waals surface area contributed by atoms with Gasteiger partial charge in [-0.2, -0.15) is 0 Å². The second kappa shape index (κ2) is 8.65. The number of para-hydroxylation sites is 1. The van der Waals surface area contributed by atoms with Gasteiger partial charge < -0.3 is 0 Å². The highest BCUT2D eigenvalue weighted by Gasteiger charge is 2.15. The van der Waals surface area contributed by atoms with Crippen LogP contribution in [0, 0.1) is 0 Å². The van der Waals surface area contributed by atoms with Crippen LogP contribution in [-0.2, 0) is 0 Å². The molecular weight excluding hydrogens is 348 g/mol. The van der Waals surface area contributed by atoms with E-state index in [1.54, 1.807) is 11.8 Å². The van der Waals surface area contributed by atoms with E-state index in [1.165, 1.54) is 20.9 Å². The number of aliphatic imine (C=N–C) groups is 1. The van der Waals surface area contributed by atoms with Gasteiger partial charge in [-0.1, -0.05) is 72.4 Å². The highest BCUT2D eigenvalue weighted by Crippen LogP contribution is 2.41. The predicted molar refractivity (Wildman–Crippen MR) is 117 cm³/mol. The zero-order valence-corrected chi connectivity index (χ0v) is 15.8. The lowest BCUT2D eigenvalue weighted by Crippen LogP contribution is -1.90. The number of nitrogens with zero attached hydrogens (tertiary/aromatic N) is 2. The fourth-order valence-corrected chi connectivity index (χ4v) is 4.18. The molecule has 0 fully saturated rings. The average molecular weight is 369 g/mol. The van der Waals surface area contributed by atoms with Gasteiger partial charge in [0.25, 0.3) is 0 Å². The maximum Gasteiger partial charge on any atom is 0.0630 e. The molecule has 0 saturated carbocycles. The van der Waals surface area contributed by atoms with Crippen molar-refractivity contribution in [3.63, 3.8) is 0 Å². The summed E-state index contributed by atoms with van der Waals surface area (Å²) in [5.41, 5.74) is 4.73. The van der Waals surface area contributed by atoms with Gasteiger partial charge in [-0.15, -0.1) is 0 Å². The monoisotopic (exact) mass is 368 g/mol. The number of rotatable bonds is 4. The van der Waals surface area contributed by atoms with Gasteiger partial charge in [-0.3, -0.25) is 9.98 Å². The summed E-state index contributed by atoms with van der Waals surface area (Å²) in [6, 6.07) is 24.8. The van der Waals surface area contributed by atoms with E-state index in [2.05, 4.69) is 47.5 Å². The van der Waals surface area contributed by atoms with Crippen molar-refractivity contribution in [3.8, 4) is 0 Å². The van der Waals surface area contributed by atoms with Crippen LogP contribution in [0.2, 0.25) is 0 Å². The molecule has 0 aliphatic carbocycles. The summed E-state index contributed by atoms with van der Waals surface area (Å²) in [6.07, 6.45) is 10.1. The molecule has 1 aromatic heterocycles. The third kappa shape index (κ3) is 4.44. The van der Waals surface area contributed by atoms with Crippen LogP contribution in [0.5, 0.6) is 0 Å². The highest BCUT2D eigenvalue weighted by atomic mass is 32.2. The van der Waals surface area contributed by atoms with Crippen molar-refractivity contribution in [1.29, 1.82) is 0 Å². The third-order valence-electron chi connectivity index (χ3n) is 4.40. The fourth-order valence-electron chi connectivity index (χ4n) is 3.06. The first-order chi connectivity index (χ1) is 13.4. The van der Waals surface area contributed by atoms with E-state index in [9.17, 15) is 0 Å². The maximum absolute atomic E-state index is 4.73. The Hall–Kier alpha value is -2.91. The van der Waals surface area contributed by atoms with Gasteiger partial charge in [0.15, 0.2) is 0 Å². The smallest absolute Gasteiger partial charge is 0.0630 e. The van der Waals surface area contributed by atoms with Crippen LogP contribution in [0.1, 0.15) is 24.0 Å². The lowest BCUT2D eigenvalue weighted by Gasteiger charge is -2.11. The Balaban J connectivity index is 1.73. The number of hydrogen-bond donors (Lipinski definition) is 0. The fraction of sp³-hybridized carbons (Fsp3) is 0.0833. The summed E-state index contributed by atoms with van der Waals surface area (Å²) < 4.78 is 0. The molecule has 2 aromatic carbocycles. The molecule has 0 amide bonds. The van der Waals surface area contributed by atoms with Gasteiger partial charge in [0.05, 0.1) is 5.69 Å². The first-order valence-electron chi connectivity index (χ1n) is 9.06. The molecule has 0 radical (unpaired) electrons. The first-order valence-corrected chi connectivity index (χ1v) is 9.88. The highest BCUT2D eigenvalue weighted by molar-refractivity contribution is 8.12. The molecule has 1 aliphatic rings. The summed E-state index contributed by atoms with van der Waals surface area (Å²) >= 11 is 1.78. The predicted octanol–water partition coefficient (Wildman–Crippen LogP) is 6.76. The van der Waals surface area contributed by atoms with E-state index < -0.39 is 0 Å². The van der Waals surface area contributed by atoms with E-state index in [-0.39, 0.29) is 0 Å². The Labute approximate surface area is 164 Å². The Bertz CT molecular complexity index is 975. The van der Waals surface area contributed by atoms with Gasteiger partial charge in [0.2, 0.25) is 0 Å². The summed E-state index contributed by atoms with van der Waals surface area (Å²) in [4.78, 5) is 11.4. The van der Waals surface area contributed by atoms with E-state index in [1.807, 2.05) is 55.0 Å². The minimum Gasteiger partial charge on any atom is -0.264 e.